The molecule has 110 valence electrons. The fraction of sp³-hybridized carbons (Fsp3) is 0.235. The van der Waals surface area contributed by atoms with Crippen LogP contribution in [-0.2, 0) is 0 Å². The Bertz CT molecular complexity index is 571. The second kappa shape index (κ2) is 7.33. The van der Waals surface area contributed by atoms with Gasteiger partial charge in [0.2, 0.25) is 0 Å². The molecule has 0 aliphatic rings. The van der Waals surface area contributed by atoms with E-state index in [-0.39, 0.29) is 5.78 Å². The van der Waals surface area contributed by atoms with Gasteiger partial charge in [0.05, 0.1) is 20.8 Å². The summed E-state index contributed by atoms with van der Waals surface area (Å²) >= 11 is 0. The Morgan fingerprint density at radius 3 is 2.05 bits per heavy atom. The van der Waals surface area contributed by atoms with Crippen LogP contribution in [0, 0.1) is 0 Å². The lowest BCUT2D eigenvalue weighted by Crippen LogP contribution is -2.06. The van der Waals surface area contributed by atoms with E-state index in [4.69, 9.17) is 14.2 Å². The molecule has 0 fully saturated rings. The van der Waals surface area contributed by atoms with E-state index in [9.17, 15) is 4.79 Å². The molecule has 0 amide bonds. The first-order chi connectivity index (χ1) is 10.2. The van der Waals surface area contributed by atoms with Gasteiger partial charge in [-0.1, -0.05) is 30.3 Å². The van der Waals surface area contributed by atoms with E-state index in [2.05, 4.69) is 0 Å². The summed E-state index contributed by atoms with van der Waals surface area (Å²) in [6.45, 7) is 0.310. The lowest BCUT2D eigenvalue weighted by atomic mass is 10.1. The Kier molecular flexibility index (Phi) is 5.21. The normalized spacial score (nSPS) is 10.0. The monoisotopic (exact) mass is 286 g/mol. The smallest absolute Gasteiger partial charge is 0.166 e. The van der Waals surface area contributed by atoms with Gasteiger partial charge in [0.1, 0.15) is 17.2 Å². The maximum absolute atomic E-state index is 12.0. The molecule has 2 aromatic carbocycles. The van der Waals surface area contributed by atoms with Crippen molar-refractivity contribution < 1.29 is 19.0 Å². The largest absolute Gasteiger partial charge is 0.496 e. The molecule has 0 unspecified atom stereocenters. The Morgan fingerprint density at radius 2 is 1.48 bits per heavy atom. The summed E-state index contributed by atoms with van der Waals surface area (Å²) in [5, 5.41) is 0. The Hall–Kier alpha value is -2.49. The van der Waals surface area contributed by atoms with E-state index in [1.54, 1.807) is 44.6 Å². The van der Waals surface area contributed by atoms with Gasteiger partial charge >= 0.3 is 0 Å². The fourth-order valence-corrected chi connectivity index (χ4v) is 1.89. The van der Waals surface area contributed by atoms with Gasteiger partial charge in [-0.2, -0.15) is 0 Å². The van der Waals surface area contributed by atoms with E-state index >= 15 is 0 Å². The SMILES string of the molecule is COc1cc(OC)cc(OCCC(=O)c2ccccc2)c1. The van der Waals surface area contributed by atoms with Gasteiger partial charge in [-0.25, -0.2) is 0 Å². The van der Waals surface area contributed by atoms with Gasteiger partial charge in [-0.15, -0.1) is 0 Å². The van der Waals surface area contributed by atoms with E-state index in [1.807, 2.05) is 18.2 Å². The van der Waals surface area contributed by atoms with Crippen LogP contribution >= 0.6 is 0 Å². The van der Waals surface area contributed by atoms with Crippen LogP contribution < -0.4 is 14.2 Å². The van der Waals surface area contributed by atoms with Crippen LogP contribution in [0.15, 0.2) is 48.5 Å². The second-order valence-corrected chi connectivity index (χ2v) is 4.44. The maximum Gasteiger partial charge on any atom is 0.166 e. The summed E-state index contributed by atoms with van der Waals surface area (Å²) < 4.78 is 15.9. The quantitative estimate of drug-likeness (QED) is 0.732. The fourth-order valence-electron chi connectivity index (χ4n) is 1.89. The predicted octanol–water partition coefficient (Wildman–Crippen LogP) is 3.36. The summed E-state index contributed by atoms with van der Waals surface area (Å²) in [6, 6.07) is 14.5. The Balaban J connectivity index is 1.93. The topological polar surface area (TPSA) is 44.8 Å². The third-order valence-electron chi connectivity index (χ3n) is 3.02. The first kappa shape index (κ1) is 14.9. The number of benzene rings is 2. The van der Waals surface area contributed by atoms with Crippen molar-refractivity contribution in [3.8, 4) is 17.2 Å². The summed E-state index contributed by atoms with van der Waals surface area (Å²) in [5.41, 5.74) is 0.698. The molecule has 0 atom stereocenters. The number of ether oxygens (including phenoxy) is 3. The third-order valence-corrected chi connectivity index (χ3v) is 3.02. The molecule has 0 aliphatic heterocycles. The predicted molar refractivity (Wildman–Crippen MR) is 80.4 cm³/mol. The molecule has 4 nitrogen and oxygen atoms in total. The van der Waals surface area contributed by atoms with Crippen LogP contribution in [-0.4, -0.2) is 26.6 Å². The molecule has 2 aromatic rings. The van der Waals surface area contributed by atoms with Crippen molar-refractivity contribution in [2.45, 2.75) is 6.42 Å². The molecule has 0 radical (unpaired) electrons. The molecule has 0 saturated carbocycles. The van der Waals surface area contributed by atoms with Crippen molar-refractivity contribution in [1.82, 2.24) is 0 Å². The Morgan fingerprint density at radius 1 is 0.905 bits per heavy atom. The molecule has 0 spiro atoms. The number of carbonyl (C=O) groups excluding carboxylic acids is 1. The second-order valence-electron chi connectivity index (χ2n) is 4.44. The Labute approximate surface area is 124 Å². The van der Waals surface area contributed by atoms with Crippen LogP contribution in [0.2, 0.25) is 0 Å². The number of methoxy groups -OCH3 is 2. The minimum absolute atomic E-state index is 0.0606. The zero-order valence-corrected chi connectivity index (χ0v) is 12.2. The molecular formula is C17H18O4. The highest BCUT2D eigenvalue weighted by Gasteiger charge is 2.07. The average Bonchev–Trinajstić information content (AvgIpc) is 2.55. The number of carbonyl (C=O) groups is 1. The first-order valence-corrected chi connectivity index (χ1v) is 6.67. The maximum atomic E-state index is 12.0. The van der Waals surface area contributed by atoms with Gasteiger partial charge in [0.25, 0.3) is 0 Å². The lowest BCUT2D eigenvalue weighted by molar-refractivity contribution is 0.0962. The van der Waals surface area contributed by atoms with Crippen molar-refractivity contribution in [3.63, 3.8) is 0 Å². The molecular weight excluding hydrogens is 268 g/mol. The van der Waals surface area contributed by atoms with Crippen LogP contribution in [0.1, 0.15) is 16.8 Å². The van der Waals surface area contributed by atoms with E-state index in [0.29, 0.717) is 35.8 Å². The minimum Gasteiger partial charge on any atom is -0.496 e. The zero-order valence-electron chi connectivity index (χ0n) is 12.2. The van der Waals surface area contributed by atoms with E-state index in [0.717, 1.165) is 0 Å². The summed E-state index contributed by atoms with van der Waals surface area (Å²) in [7, 11) is 3.16. The van der Waals surface area contributed by atoms with Gasteiger partial charge < -0.3 is 14.2 Å². The third kappa shape index (κ3) is 4.24. The molecule has 2 rings (SSSR count). The van der Waals surface area contributed by atoms with E-state index < -0.39 is 0 Å². The van der Waals surface area contributed by atoms with Gasteiger partial charge in [-0.05, 0) is 0 Å². The summed E-state index contributed by atoms with van der Waals surface area (Å²) in [4.78, 5) is 12.0. The first-order valence-electron chi connectivity index (χ1n) is 6.67. The van der Waals surface area contributed by atoms with Gasteiger partial charge in [0, 0.05) is 30.2 Å². The highest BCUT2D eigenvalue weighted by Crippen LogP contribution is 2.27. The number of ketones is 1. The minimum atomic E-state index is 0.0606. The molecule has 0 heterocycles. The zero-order chi connectivity index (χ0) is 15.1. The number of rotatable bonds is 7. The van der Waals surface area contributed by atoms with Crippen LogP contribution in [0.3, 0.4) is 0 Å². The van der Waals surface area contributed by atoms with Crippen LogP contribution in [0.5, 0.6) is 17.2 Å². The molecule has 0 aliphatic carbocycles. The highest BCUT2D eigenvalue weighted by atomic mass is 16.5. The molecule has 0 aromatic heterocycles. The van der Waals surface area contributed by atoms with Crippen molar-refractivity contribution in [1.29, 1.82) is 0 Å². The number of Topliss-reactive ketones (excluding diaryl/α,β-unsaturated/α-hetero) is 1. The van der Waals surface area contributed by atoms with E-state index in [1.165, 1.54) is 0 Å². The molecule has 21 heavy (non-hydrogen) atoms. The van der Waals surface area contributed by atoms with Crippen LogP contribution in [0.25, 0.3) is 0 Å². The van der Waals surface area contributed by atoms with Crippen molar-refractivity contribution in [2.24, 2.45) is 0 Å². The molecule has 0 saturated heterocycles. The summed E-state index contributed by atoms with van der Waals surface area (Å²) in [6.07, 6.45) is 0.323. The number of hydrogen-bond acceptors (Lipinski definition) is 4. The van der Waals surface area contributed by atoms with Crippen LogP contribution in [0.4, 0.5) is 0 Å². The average molecular weight is 286 g/mol. The molecule has 0 N–H and O–H groups in total. The van der Waals surface area contributed by atoms with Crippen molar-refractivity contribution in [2.75, 3.05) is 20.8 Å². The standard InChI is InChI=1S/C17H18O4/c1-19-14-10-15(20-2)12-16(11-14)21-9-8-17(18)13-6-4-3-5-7-13/h3-7,10-12H,8-9H2,1-2H3. The highest BCUT2D eigenvalue weighted by molar-refractivity contribution is 5.96. The number of hydrogen-bond donors (Lipinski definition) is 0. The molecule has 4 heteroatoms. The van der Waals surface area contributed by atoms with Crippen molar-refractivity contribution >= 4 is 5.78 Å². The lowest BCUT2D eigenvalue weighted by Gasteiger charge is -2.10. The summed E-state index contributed by atoms with van der Waals surface area (Å²) in [5.74, 6) is 1.98. The molecule has 0 bridgehead atoms. The van der Waals surface area contributed by atoms with Crippen molar-refractivity contribution in [3.05, 3.63) is 54.1 Å². The van der Waals surface area contributed by atoms with Gasteiger partial charge in [0.15, 0.2) is 5.78 Å². The van der Waals surface area contributed by atoms with Gasteiger partial charge in [-0.3, -0.25) is 4.79 Å².